The van der Waals surface area contributed by atoms with Gasteiger partial charge in [0.25, 0.3) is 0 Å². The first-order valence-electron chi connectivity index (χ1n) is 3.28. The standard InChI is InChI=1S/C8H9N.Bi/c1-2-4-8-7(3-1)5-6-9-8;/h1-4,9H,5-6H2;. The zero-order valence-corrected chi connectivity index (χ0v) is 9.15. The average molecular weight is 328 g/mol. The van der Waals surface area contributed by atoms with E-state index in [4.69, 9.17) is 0 Å². The van der Waals surface area contributed by atoms with Crippen molar-refractivity contribution in [3.63, 3.8) is 0 Å². The van der Waals surface area contributed by atoms with Gasteiger partial charge in [-0.15, -0.1) is 0 Å². The molecule has 1 N–H and O–H groups in total. The van der Waals surface area contributed by atoms with Crippen LogP contribution in [0.2, 0.25) is 0 Å². The third kappa shape index (κ3) is 1.32. The zero-order valence-electron chi connectivity index (χ0n) is 5.67. The molecule has 2 rings (SSSR count). The Morgan fingerprint density at radius 2 is 2.00 bits per heavy atom. The molecule has 0 atom stereocenters. The number of nitrogens with one attached hydrogen (secondary N) is 1. The van der Waals surface area contributed by atoms with Gasteiger partial charge in [-0.25, -0.2) is 0 Å². The summed E-state index contributed by atoms with van der Waals surface area (Å²) in [5, 5.41) is 3.30. The van der Waals surface area contributed by atoms with Crippen LogP contribution in [0.25, 0.3) is 0 Å². The second-order valence-electron chi connectivity index (χ2n) is 2.33. The van der Waals surface area contributed by atoms with Crippen LogP contribution in [-0.4, -0.2) is 32.7 Å². The second-order valence-corrected chi connectivity index (χ2v) is 2.33. The molecule has 0 saturated heterocycles. The quantitative estimate of drug-likeness (QED) is 0.708. The van der Waals surface area contributed by atoms with Crippen molar-refractivity contribution in [1.29, 1.82) is 0 Å². The van der Waals surface area contributed by atoms with Crippen molar-refractivity contribution in [2.75, 3.05) is 11.9 Å². The SMILES string of the molecule is [Bi].c1ccc2c(c1)CCN2. The number of benzene rings is 1. The van der Waals surface area contributed by atoms with Crippen molar-refractivity contribution in [2.45, 2.75) is 6.42 Å². The van der Waals surface area contributed by atoms with Gasteiger partial charge in [-0.3, -0.25) is 0 Å². The Balaban J connectivity index is 0.000000500. The van der Waals surface area contributed by atoms with E-state index in [9.17, 15) is 0 Å². The Morgan fingerprint density at radius 3 is 2.80 bits per heavy atom. The van der Waals surface area contributed by atoms with E-state index >= 15 is 0 Å². The van der Waals surface area contributed by atoms with Crippen molar-refractivity contribution in [3.05, 3.63) is 29.8 Å². The molecule has 0 spiro atoms. The molecule has 1 aliphatic heterocycles. The van der Waals surface area contributed by atoms with Gasteiger partial charge in [0.2, 0.25) is 0 Å². The van der Waals surface area contributed by atoms with Gasteiger partial charge in [0, 0.05) is 38.4 Å². The van der Waals surface area contributed by atoms with E-state index in [1.165, 1.54) is 17.7 Å². The summed E-state index contributed by atoms with van der Waals surface area (Å²) in [6, 6.07) is 8.46. The number of hydrogen-bond acceptors (Lipinski definition) is 1. The normalized spacial score (nSPS) is 13.2. The Morgan fingerprint density at radius 1 is 1.20 bits per heavy atom. The first-order chi connectivity index (χ1) is 4.47. The molecule has 1 heterocycles. The number of para-hydroxylation sites is 1. The summed E-state index contributed by atoms with van der Waals surface area (Å²) in [5.74, 6) is 0. The Hall–Kier alpha value is -0.0969. The van der Waals surface area contributed by atoms with E-state index in [1.54, 1.807) is 0 Å². The Kier molecular flexibility index (Phi) is 2.67. The molecule has 3 radical (unpaired) electrons. The van der Waals surface area contributed by atoms with Crippen LogP contribution in [-0.2, 0) is 6.42 Å². The number of fused-ring (bicyclic) bond motifs is 1. The van der Waals surface area contributed by atoms with Gasteiger partial charge in [-0.1, -0.05) is 18.2 Å². The molecule has 0 saturated carbocycles. The molecule has 0 amide bonds. The molecule has 1 aliphatic rings. The minimum absolute atomic E-state index is 0. The predicted molar refractivity (Wildman–Crippen MR) is 44.4 cm³/mol. The van der Waals surface area contributed by atoms with Crippen LogP contribution in [0.15, 0.2) is 24.3 Å². The van der Waals surface area contributed by atoms with Crippen LogP contribution < -0.4 is 5.32 Å². The maximum atomic E-state index is 3.30. The summed E-state index contributed by atoms with van der Waals surface area (Å²) in [6.45, 7) is 1.11. The fraction of sp³-hybridized carbons (Fsp3) is 0.250. The molecule has 2 heteroatoms. The van der Waals surface area contributed by atoms with E-state index in [0.29, 0.717) is 0 Å². The minimum atomic E-state index is 0. The van der Waals surface area contributed by atoms with E-state index in [1.807, 2.05) is 0 Å². The molecule has 0 bridgehead atoms. The van der Waals surface area contributed by atoms with Gasteiger partial charge in [0.1, 0.15) is 0 Å². The Labute approximate surface area is 80.0 Å². The Bertz CT molecular complexity index is 199. The predicted octanol–water partition coefficient (Wildman–Crippen LogP) is 1.27. The number of anilines is 1. The first-order valence-corrected chi connectivity index (χ1v) is 3.28. The van der Waals surface area contributed by atoms with E-state index in [2.05, 4.69) is 29.6 Å². The number of rotatable bonds is 0. The van der Waals surface area contributed by atoms with Crippen LogP contribution in [0, 0.1) is 0 Å². The molecule has 1 nitrogen and oxygen atoms in total. The van der Waals surface area contributed by atoms with E-state index < -0.39 is 0 Å². The van der Waals surface area contributed by atoms with Crippen LogP contribution in [0.3, 0.4) is 0 Å². The molecule has 0 aromatic heterocycles. The fourth-order valence-electron chi connectivity index (χ4n) is 1.24. The van der Waals surface area contributed by atoms with Crippen LogP contribution in [0.4, 0.5) is 5.69 Å². The second kappa shape index (κ2) is 3.34. The average Bonchev–Trinajstić information content (AvgIpc) is 2.33. The van der Waals surface area contributed by atoms with Crippen molar-refractivity contribution in [1.82, 2.24) is 0 Å². The summed E-state index contributed by atoms with van der Waals surface area (Å²) >= 11 is 0. The van der Waals surface area contributed by atoms with Gasteiger partial charge in [-0.05, 0) is 18.1 Å². The van der Waals surface area contributed by atoms with Crippen molar-refractivity contribution >= 4 is 31.9 Å². The molecule has 0 aliphatic carbocycles. The van der Waals surface area contributed by atoms with Crippen molar-refractivity contribution in [2.24, 2.45) is 0 Å². The first kappa shape index (κ1) is 8.00. The summed E-state index contributed by atoms with van der Waals surface area (Å²) < 4.78 is 0. The third-order valence-electron chi connectivity index (χ3n) is 1.73. The van der Waals surface area contributed by atoms with Crippen LogP contribution in [0.1, 0.15) is 5.56 Å². The largest absolute Gasteiger partial charge is 0.384 e. The molecule has 0 fully saturated rings. The zero-order chi connectivity index (χ0) is 6.10. The molecule has 1 aromatic rings. The fourth-order valence-corrected chi connectivity index (χ4v) is 1.24. The maximum absolute atomic E-state index is 3.30. The van der Waals surface area contributed by atoms with E-state index in [-0.39, 0.29) is 26.2 Å². The summed E-state index contributed by atoms with van der Waals surface area (Å²) in [6.07, 6.45) is 1.19. The van der Waals surface area contributed by atoms with Gasteiger partial charge >= 0.3 is 0 Å². The van der Waals surface area contributed by atoms with Gasteiger partial charge in [0.05, 0.1) is 0 Å². The van der Waals surface area contributed by atoms with Gasteiger partial charge in [-0.2, -0.15) is 0 Å². The van der Waals surface area contributed by atoms with Gasteiger partial charge in [0.15, 0.2) is 0 Å². The molecule has 1 aromatic carbocycles. The minimum Gasteiger partial charge on any atom is -0.384 e. The van der Waals surface area contributed by atoms with Crippen molar-refractivity contribution in [3.8, 4) is 0 Å². The monoisotopic (exact) mass is 328 g/mol. The smallest absolute Gasteiger partial charge is 0.0373 e. The maximum Gasteiger partial charge on any atom is 0.0373 e. The summed E-state index contributed by atoms with van der Waals surface area (Å²) in [4.78, 5) is 0. The summed E-state index contributed by atoms with van der Waals surface area (Å²) in [7, 11) is 0. The van der Waals surface area contributed by atoms with Crippen LogP contribution in [0.5, 0.6) is 0 Å². The summed E-state index contributed by atoms with van der Waals surface area (Å²) in [5.41, 5.74) is 2.77. The molecule has 10 heavy (non-hydrogen) atoms. The van der Waals surface area contributed by atoms with E-state index in [0.717, 1.165) is 6.54 Å². The third-order valence-corrected chi connectivity index (χ3v) is 1.73. The van der Waals surface area contributed by atoms with Gasteiger partial charge < -0.3 is 5.32 Å². The topological polar surface area (TPSA) is 12.0 Å². The molecular formula is C8H9BiN. The molecular weight excluding hydrogens is 319 g/mol. The molecule has 0 unspecified atom stereocenters. The van der Waals surface area contributed by atoms with Crippen LogP contribution >= 0.6 is 0 Å². The molecule has 51 valence electrons. The number of hydrogen-bond donors (Lipinski definition) is 1. The van der Waals surface area contributed by atoms with Crippen molar-refractivity contribution < 1.29 is 0 Å².